The molecule has 0 heterocycles. The minimum atomic E-state index is -1.11. The molecule has 7 nitrogen and oxygen atoms in total. The lowest BCUT2D eigenvalue weighted by Gasteiger charge is -2.41. The van der Waals surface area contributed by atoms with E-state index in [1.165, 1.54) is 44.9 Å². The molecule has 0 aromatic carbocycles. The van der Waals surface area contributed by atoms with E-state index in [0.29, 0.717) is 25.7 Å². The lowest BCUT2D eigenvalue weighted by atomic mass is 9.94. The third kappa shape index (κ3) is 7.90. The molecule has 0 bridgehead atoms. The van der Waals surface area contributed by atoms with E-state index in [2.05, 4.69) is 0 Å². The Bertz CT molecular complexity index is 489. The van der Waals surface area contributed by atoms with Crippen LogP contribution in [0.5, 0.6) is 0 Å². The smallest absolute Gasteiger partial charge is 0.234 e. The van der Waals surface area contributed by atoms with Gasteiger partial charge in [-0.25, -0.2) is 10.1 Å². The van der Waals surface area contributed by atoms with Crippen LogP contribution in [0.2, 0.25) is 0 Å². The first kappa shape index (κ1) is 26.3. The number of rotatable bonds is 8. The summed E-state index contributed by atoms with van der Waals surface area (Å²) in [5.41, 5.74) is 0. The molecule has 7 heteroatoms. The van der Waals surface area contributed by atoms with Crippen molar-refractivity contribution in [3.63, 3.8) is 0 Å². The highest BCUT2D eigenvalue weighted by Crippen LogP contribution is 2.40. The van der Waals surface area contributed by atoms with Gasteiger partial charge in [0.2, 0.25) is 17.4 Å². The van der Waals surface area contributed by atoms with E-state index in [0.717, 1.165) is 64.2 Å². The van der Waals surface area contributed by atoms with Crippen LogP contribution in [-0.4, -0.2) is 29.7 Å². The van der Waals surface area contributed by atoms with Crippen LogP contribution in [-0.2, 0) is 29.2 Å². The Kier molecular flexibility index (Phi) is 11.2. The molecular formula is C25H46O7. The van der Waals surface area contributed by atoms with Crippen LogP contribution in [0, 0.1) is 0 Å². The monoisotopic (exact) mass is 458 g/mol. The Labute approximate surface area is 194 Å². The second kappa shape index (κ2) is 13.6. The normalized spacial score (nSPS) is 27.2. The first-order chi connectivity index (χ1) is 15.7. The van der Waals surface area contributed by atoms with Gasteiger partial charge in [0.25, 0.3) is 0 Å². The Morgan fingerprint density at radius 2 is 0.688 bits per heavy atom. The standard InChI is InChI=1S/C25H46O7/c1-27-23(17-11-7-5-3-2-4-6-8-12-18-23)29-31-25(21-15-10-16-22-25)32-30-24(28-26)19-13-9-14-20-24/h26H,2-22H2,1H3. The zero-order valence-corrected chi connectivity index (χ0v) is 20.2. The number of hydrogen-bond donors (Lipinski definition) is 1. The quantitative estimate of drug-likeness (QED) is 0.232. The molecule has 3 aliphatic rings. The molecule has 0 aromatic rings. The molecule has 0 atom stereocenters. The van der Waals surface area contributed by atoms with Gasteiger partial charge in [-0.2, -0.15) is 19.6 Å². The lowest BCUT2D eigenvalue weighted by molar-refractivity contribution is -0.599. The Hall–Kier alpha value is -0.280. The van der Waals surface area contributed by atoms with Crippen molar-refractivity contribution in [2.75, 3.05) is 7.11 Å². The maximum atomic E-state index is 9.52. The fourth-order valence-corrected chi connectivity index (χ4v) is 5.33. The van der Waals surface area contributed by atoms with Gasteiger partial charge in [0, 0.05) is 45.6 Å². The first-order valence-electron chi connectivity index (χ1n) is 13.3. The highest BCUT2D eigenvalue weighted by Gasteiger charge is 2.45. The zero-order valence-electron chi connectivity index (χ0n) is 20.2. The molecule has 0 unspecified atom stereocenters. The summed E-state index contributed by atoms with van der Waals surface area (Å²) in [5, 5.41) is 9.52. The van der Waals surface area contributed by atoms with Crippen LogP contribution in [0.15, 0.2) is 0 Å². The van der Waals surface area contributed by atoms with Crippen molar-refractivity contribution in [1.29, 1.82) is 0 Å². The van der Waals surface area contributed by atoms with Gasteiger partial charge in [0.1, 0.15) is 0 Å². The van der Waals surface area contributed by atoms with E-state index in [1.54, 1.807) is 7.11 Å². The molecule has 1 N–H and O–H groups in total. The van der Waals surface area contributed by atoms with Crippen molar-refractivity contribution in [2.45, 2.75) is 152 Å². The van der Waals surface area contributed by atoms with Crippen LogP contribution < -0.4 is 0 Å². The fourth-order valence-electron chi connectivity index (χ4n) is 5.33. The van der Waals surface area contributed by atoms with E-state index in [9.17, 15) is 5.26 Å². The Morgan fingerprint density at radius 1 is 0.406 bits per heavy atom. The van der Waals surface area contributed by atoms with Gasteiger partial charge in [-0.1, -0.05) is 57.8 Å². The zero-order chi connectivity index (χ0) is 22.6. The van der Waals surface area contributed by atoms with Crippen LogP contribution in [0.25, 0.3) is 0 Å². The molecule has 3 rings (SSSR count). The summed E-state index contributed by atoms with van der Waals surface area (Å²) in [6.45, 7) is 0. The Balaban J connectivity index is 1.63. The van der Waals surface area contributed by atoms with Crippen molar-refractivity contribution in [2.24, 2.45) is 0 Å². The average molecular weight is 459 g/mol. The molecule has 3 saturated carbocycles. The van der Waals surface area contributed by atoms with Gasteiger partial charge >= 0.3 is 0 Å². The Morgan fingerprint density at radius 3 is 1.09 bits per heavy atom. The van der Waals surface area contributed by atoms with E-state index < -0.39 is 17.4 Å². The molecule has 0 saturated heterocycles. The van der Waals surface area contributed by atoms with Crippen LogP contribution in [0.4, 0.5) is 0 Å². The minimum Gasteiger partial charge on any atom is -0.351 e. The predicted octanol–water partition coefficient (Wildman–Crippen LogP) is 7.34. The van der Waals surface area contributed by atoms with Crippen molar-refractivity contribution >= 4 is 0 Å². The third-order valence-electron chi connectivity index (χ3n) is 7.58. The van der Waals surface area contributed by atoms with Gasteiger partial charge in [-0.3, -0.25) is 0 Å². The van der Waals surface area contributed by atoms with E-state index in [4.69, 9.17) is 29.2 Å². The van der Waals surface area contributed by atoms with Crippen molar-refractivity contribution in [1.82, 2.24) is 0 Å². The van der Waals surface area contributed by atoms with Gasteiger partial charge in [0.05, 0.1) is 0 Å². The van der Waals surface area contributed by atoms with Crippen molar-refractivity contribution < 1.29 is 34.4 Å². The topological polar surface area (TPSA) is 75.6 Å². The number of methoxy groups -OCH3 is 1. The second-order valence-corrected chi connectivity index (χ2v) is 10.2. The molecule has 3 aliphatic carbocycles. The van der Waals surface area contributed by atoms with Gasteiger partial charge < -0.3 is 4.74 Å². The summed E-state index contributed by atoms with van der Waals surface area (Å²) < 4.78 is 5.95. The lowest BCUT2D eigenvalue weighted by Crippen LogP contribution is -2.47. The summed E-state index contributed by atoms with van der Waals surface area (Å²) in [5.74, 6) is -2.88. The van der Waals surface area contributed by atoms with Gasteiger partial charge in [0.15, 0.2) is 0 Å². The van der Waals surface area contributed by atoms with Crippen molar-refractivity contribution in [3.05, 3.63) is 0 Å². The summed E-state index contributed by atoms with van der Waals surface area (Å²) >= 11 is 0. The first-order valence-corrected chi connectivity index (χ1v) is 13.3. The molecule has 0 amide bonds. The SMILES string of the molecule is COC1(OOC2(OOC3(OO)CCCCC3)CCCCC2)CCCCCCCCCCC1. The third-order valence-corrected chi connectivity index (χ3v) is 7.58. The van der Waals surface area contributed by atoms with E-state index in [1.807, 2.05) is 0 Å². The summed E-state index contributed by atoms with van der Waals surface area (Å²) in [6, 6.07) is 0. The summed E-state index contributed by atoms with van der Waals surface area (Å²) in [4.78, 5) is 28.7. The molecule has 0 aliphatic heterocycles. The highest BCUT2D eigenvalue weighted by atomic mass is 17.3. The highest BCUT2D eigenvalue weighted by molar-refractivity contribution is 4.77. The molecule has 0 spiro atoms. The molecule has 0 radical (unpaired) electrons. The number of hydrogen-bond acceptors (Lipinski definition) is 7. The minimum absolute atomic E-state index is 0.600. The largest absolute Gasteiger partial charge is 0.351 e. The average Bonchev–Trinajstić information content (AvgIpc) is 2.84. The van der Waals surface area contributed by atoms with Crippen molar-refractivity contribution in [3.8, 4) is 0 Å². The molecule has 3 fully saturated rings. The summed E-state index contributed by atoms with van der Waals surface area (Å²) in [7, 11) is 1.72. The predicted molar refractivity (Wildman–Crippen MR) is 120 cm³/mol. The fraction of sp³-hybridized carbons (Fsp3) is 1.00. The van der Waals surface area contributed by atoms with Crippen LogP contribution in [0.1, 0.15) is 135 Å². The summed E-state index contributed by atoms with van der Waals surface area (Å²) in [6.07, 6.45) is 21.2. The maximum absolute atomic E-state index is 9.52. The second-order valence-electron chi connectivity index (χ2n) is 10.2. The van der Waals surface area contributed by atoms with Crippen LogP contribution >= 0.6 is 0 Å². The number of ether oxygens (including phenoxy) is 1. The van der Waals surface area contributed by atoms with E-state index >= 15 is 0 Å². The molecule has 188 valence electrons. The van der Waals surface area contributed by atoms with Gasteiger partial charge in [-0.05, 0) is 38.5 Å². The van der Waals surface area contributed by atoms with Crippen LogP contribution in [0.3, 0.4) is 0 Å². The molecule has 0 aromatic heterocycles. The van der Waals surface area contributed by atoms with Gasteiger partial charge in [-0.15, -0.1) is 0 Å². The maximum Gasteiger partial charge on any atom is 0.234 e. The molecule has 32 heavy (non-hydrogen) atoms. The molecular weight excluding hydrogens is 412 g/mol. The van der Waals surface area contributed by atoms with E-state index in [-0.39, 0.29) is 0 Å².